The Morgan fingerprint density at radius 3 is 2.58 bits per heavy atom. The number of allylic oxidation sites excluding steroid dienone is 1. The van der Waals surface area contributed by atoms with Crippen molar-refractivity contribution in [3.05, 3.63) is 12.2 Å². The first-order valence-corrected chi connectivity index (χ1v) is 3.95. The maximum Gasteiger partial charge on any atom is 0.244 e. The van der Waals surface area contributed by atoms with Crippen LogP contribution in [-0.2, 0) is 9.53 Å². The van der Waals surface area contributed by atoms with E-state index in [0.717, 1.165) is 0 Å². The topological polar surface area (TPSA) is 38.3 Å². The van der Waals surface area contributed by atoms with Gasteiger partial charge in [-0.25, -0.2) is 0 Å². The summed E-state index contributed by atoms with van der Waals surface area (Å²) in [7, 11) is 1.61. The van der Waals surface area contributed by atoms with Crippen LogP contribution in [0.15, 0.2) is 12.2 Å². The lowest BCUT2D eigenvalue weighted by atomic mass is 10.1. The number of hydrogen-bond acceptors (Lipinski definition) is 2. The van der Waals surface area contributed by atoms with Gasteiger partial charge in [0, 0.05) is 7.11 Å². The number of hydrogen-bond donors (Lipinski definition) is 1. The van der Waals surface area contributed by atoms with Crippen LogP contribution in [0.5, 0.6) is 0 Å². The van der Waals surface area contributed by atoms with Gasteiger partial charge in [0.05, 0.1) is 12.1 Å². The Kier molecular flexibility index (Phi) is 4.59. The minimum absolute atomic E-state index is 0.0837. The highest BCUT2D eigenvalue weighted by Gasteiger charge is 2.18. The molecule has 0 aliphatic carbocycles. The zero-order valence-electron chi connectivity index (χ0n) is 8.18. The van der Waals surface area contributed by atoms with Gasteiger partial charge in [0.2, 0.25) is 5.91 Å². The molecule has 0 bridgehead atoms. The quantitative estimate of drug-likeness (QED) is 0.643. The third-order valence-corrected chi connectivity index (χ3v) is 1.28. The third kappa shape index (κ3) is 4.91. The average molecular weight is 171 g/mol. The minimum Gasteiger partial charge on any atom is -0.382 e. The molecule has 70 valence electrons. The van der Waals surface area contributed by atoms with Crippen molar-refractivity contribution in [2.24, 2.45) is 0 Å². The molecule has 0 aromatic carbocycles. The van der Waals surface area contributed by atoms with Crippen molar-refractivity contribution in [3.8, 4) is 0 Å². The molecule has 0 aromatic rings. The molecule has 0 saturated heterocycles. The number of carbonyl (C=O) groups excluding carboxylic acids is 1. The smallest absolute Gasteiger partial charge is 0.244 e. The largest absolute Gasteiger partial charge is 0.382 e. The maximum atomic E-state index is 11.1. The molecule has 0 spiro atoms. The molecule has 0 atom stereocenters. The van der Waals surface area contributed by atoms with Crippen LogP contribution in [-0.4, -0.2) is 25.2 Å². The van der Waals surface area contributed by atoms with Gasteiger partial charge in [0.25, 0.3) is 0 Å². The van der Waals surface area contributed by atoms with Crippen LogP contribution in [0.2, 0.25) is 0 Å². The van der Waals surface area contributed by atoms with E-state index < -0.39 is 0 Å². The van der Waals surface area contributed by atoms with E-state index in [-0.39, 0.29) is 11.4 Å². The van der Waals surface area contributed by atoms with Gasteiger partial charge in [-0.2, -0.15) is 0 Å². The Bertz CT molecular complexity index is 173. The number of carbonyl (C=O) groups is 1. The highest BCUT2D eigenvalue weighted by atomic mass is 16.5. The molecule has 3 nitrogen and oxygen atoms in total. The highest BCUT2D eigenvalue weighted by Crippen LogP contribution is 2.01. The molecule has 0 aliphatic rings. The average Bonchev–Trinajstić information content (AvgIpc) is 1.85. The van der Waals surface area contributed by atoms with E-state index >= 15 is 0 Å². The first-order chi connectivity index (χ1) is 5.52. The molecule has 3 heteroatoms. The Labute approximate surface area is 73.8 Å². The van der Waals surface area contributed by atoms with Crippen molar-refractivity contribution in [2.45, 2.75) is 26.3 Å². The monoisotopic (exact) mass is 171 g/mol. The fourth-order valence-corrected chi connectivity index (χ4v) is 0.923. The Morgan fingerprint density at radius 2 is 2.17 bits per heavy atom. The van der Waals surface area contributed by atoms with Crippen LogP contribution < -0.4 is 5.32 Å². The number of amides is 1. The van der Waals surface area contributed by atoms with Gasteiger partial charge >= 0.3 is 0 Å². The summed E-state index contributed by atoms with van der Waals surface area (Å²) >= 11 is 0. The summed E-state index contributed by atoms with van der Waals surface area (Å²) in [6.45, 7) is 6.15. The second kappa shape index (κ2) is 4.93. The second-order valence-corrected chi connectivity index (χ2v) is 3.31. The molecule has 0 saturated carbocycles. The lowest BCUT2D eigenvalue weighted by Crippen LogP contribution is -2.46. The molecular formula is C9H17NO2. The second-order valence-electron chi connectivity index (χ2n) is 3.31. The molecule has 0 radical (unpaired) electrons. The van der Waals surface area contributed by atoms with Crippen LogP contribution in [0.25, 0.3) is 0 Å². The van der Waals surface area contributed by atoms with Crippen LogP contribution in [0.1, 0.15) is 20.8 Å². The van der Waals surface area contributed by atoms with Crippen molar-refractivity contribution in [2.75, 3.05) is 13.7 Å². The van der Waals surface area contributed by atoms with Gasteiger partial charge in [-0.3, -0.25) is 4.79 Å². The van der Waals surface area contributed by atoms with E-state index in [4.69, 9.17) is 4.74 Å². The van der Waals surface area contributed by atoms with Gasteiger partial charge < -0.3 is 10.1 Å². The summed E-state index contributed by atoms with van der Waals surface area (Å²) in [6, 6.07) is 0. The first-order valence-electron chi connectivity index (χ1n) is 3.95. The fourth-order valence-electron chi connectivity index (χ4n) is 0.923. The third-order valence-electron chi connectivity index (χ3n) is 1.28. The van der Waals surface area contributed by atoms with E-state index in [1.54, 1.807) is 13.2 Å². The van der Waals surface area contributed by atoms with Crippen molar-refractivity contribution >= 4 is 5.91 Å². The summed E-state index contributed by atoms with van der Waals surface area (Å²) < 4.78 is 4.95. The number of ether oxygens (including phenoxy) is 1. The number of methoxy groups -OCH3 is 1. The van der Waals surface area contributed by atoms with E-state index in [1.165, 1.54) is 6.08 Å². The Hall–Kier alpha value is -0.830. The van der Waals surface area contributed by atoms with Crippen molar-refractivity contribution in [3.63, 3.8) is 0 Å². The van der Waals surface area contributed by atoms with Crippen LogP contribution in [0, 0.1) is 0 Å². The van der Waals surface area contributed by atoms with Crippen LogP contribution in [0.3, 0.4) is 0 Å². The number of nitrogens with one attached hydrogen (secondary N) is 1. The van der Waals surface area contributed by atoms with E-state index in [0.29, 0.717) is 6.61 Å². The fraction of sp³-hybridized carbons (Fsp3) is 0.667. The van der Waals surface area contributed by atoms with Crippen molar-refractivity contribution < 1.29 is 9.53 Å². The molecule has 0 heterocycles. The molecule has 1 N–H and O–H groups in total. The Morgan fingerprint density at radius 1 is 1.58 bits per heavy atom. The molecule has 1 amide bonds. The SMILES string of the molecule is C/C=C/C(=O)NC(C)(C)COC. The van der Waals surface area contributed by atoms with Gasteiger partial charge in [0.1, 0.15) is 0 Å². The van der Waals surface area contributed by atoms with Crippen molar-refractivity contribution in [1.29, 1.82) is 0 Å². The predicted molar refractivity (Wildman–Crippen MR) is 48.9 cm³/mol. The zero-order chi connectivity index (χ0) is 9.61. The summed E-state index contributed by atoms with van der Waals surface area (Å²) in [6.07, 6.45) is 3.20. The standard InChI is InChI=1S/C9H17NO2/c1-5-6-8(11)10-9(2,3)7-12-4/h5-6H,7H2,1-4H3,(H,10,11)/b6-5+. The Balaban J connectivity index is 3.96. The molecule has 0 aliphatic heterocycles. The van der Waals surface area contributed by atoms with Gasteiger partial charge in [-0.1, -0.05) is 6.08 Å². The minimum atomic E-state index is -0.300. The molecule has 0 aromatic heterocycles. The van der Waals surface area contributed by atoms with Gasteiger partial charge in [0.15, 0.2) is 0 Å². The lowest BCUT2D eigenvalue weighted by Gasteiger charge is -2.24. The molecule has 12 heavy (non-hydrogen) atoms. The number of rotatable bonds is 4. The zero-order valence-corrected chi connectivity index (χ0v) is 8.18. The normalized spacial score (nSPS) is 12.0. The molecule has 0 unspecified atom stereocenters. The van der Waals surface area contributed by atoms with E-state index in [2.05, 4.69) is 5.32 Å². The van der Waals surface area contributed by atoms with E-state index in [9.17, 15) is 4.79 Å². The summed E-state index contributed by atoms with van der Waals surface area (Å²) in [5.74, 6) is -0.0837. The van der Waals surface area contributed by atoms with Crippen LogP contribution in [0.4, 0.5) is 0 Å². The maximum absolute atomic E-state index is 11.1. The predicted octanol–water partition coefficient (Wildman–Crippen LogP) is 1.10. The van der Waals surface area contributed by atoms with E-state index in [1.807, 2.05) is 20.8 Å². The first kappa shape index (κ1) is 11.2. The van der Waals surface area contributed by atoms with Gasteiger partial charge in [-0.05, 0) is 26.8 Å². The summed E-state index contributed by atoms with van der Waals surface area (Å²) in [5.41, 5.74) is -0.300. The summed E-state index contributed by atoms with van der Waals surface area (Å²) in [4.78, 5) is 11.1. The molecule has 0 fully saturated rings. The van der Waals surface area contributed by atoms with Crippen LogP contribution >= 0.6 is 0 Å². The lowest BCUT2D eigenvalue weighted by molar-refractivity contribution is -0.118. The van der Waals surface area contributed by atoms with Gasteiger partial charge in [-0.15, -0.1) is 0 Å². The van der Waals surface area contributed by atoms with Crippen molar-refractivity contribution in [1.82, 2.24) is 5.32 Å². The molecule has 0 rings (SSSR count). The molecular weight excluding hydrogens is 154 g/mol. The summed E-state index contributed by atoms with van der Waals surface area (Å²) in [5, 5.41) is 2.81. The highest BCUT2D eigenvalue weighted by molar-refractivity contribution is 5.87.